The Hall–Kier alpha value is -3.21. The first-order chi connectivity index (χ1) is 12.6. The summed E-state index contributed by atoms with van der Waals surface area (Å²) < 4.78 is 3.50. The predicted molar refractivity (Wildman–Crippen MR) is 103 cm³/mol. The number of benzene rings is 1. The number of rotatable bonds is 3. The van der Waals surface area contributed by atoms with E-state index in [1.54, 1.807) is 18.5 Å². The largest absolute Gasteiger partial charge is 0.317 e. The van der Waals surface area contributed by atoms with E-state index in [0.29, 0.717) is 11.2 Å². The van der Waals surface area contributed by atoms with Crippen LogP contribution in [0.15, 0.2) is 59.7 Å². The Morgan fingerprint density at radius 1 is 1.04 bits per heavy atom. The third-order valence-corrected chi connectivity index (χ3v) is 4.84. The molecule has 0 saturated heterocycles. The summed E-state index contributed by atoms with van der Waals surface area (Å²) in [5.74, 6) is 0.525. The maximum Gasteiger partial charge on any atom is 0.282 e. The number of aryl methyl sites for hydroxylation is 3. The first-order valence-corrected chi connectivity index (χ1v) is 8.72. The van der Waals surface area contributed by atoms with Gasteiger partial charge in [-0.1, -0.05) is 25.1 Å². The van der Waals surface area contributed by atoms with Crippen molar-refractivity contribution in [3.8, 4) is 11.5 Å². The van der Waals surface area contributed by atoms with Gasteiger partial charge in [0.05, 0.1) is 11.6 Å². The van der Waals surface area contributed by atoms with Crippen LogP contribution >= 0.6 is 0 Å². The van der Waals surface area contributed by atoms with Crippen molar-refractivity contribution in [3.05, 3.63) is 82.2 Å². The van der Waals surface area contributed by atoms with Crippen LogP contribution in [0.25, 0.3) is 22.3 Å². The fraction of sp³-hybridized carbons (Fsp3) is 0.190. The summed E-state index contributed by atoms with van der Waals surface area (Å²) in [5.41, 5.74) is 4.13. The summed E-state index contributed by atoms with van der Waals surface area (Å²) in [5, 5.41) is 5.91. The first-order valence-electron chi connectivity index (χ1n) is 8.72. The highest BCUT2D eigenvalue weighted by Crippen LogP contribution is 2.26. The van der Waals surface area contributed by atoms with Gasteiger partial charge >= 0.3 is 0 Å². The molecule has 3 aromatic heterocycles. The van der Waals surface area contributed by atoms with E-state index in [-0.39, 0.29) is 5.56 Å². The zero-order valence-corrected chi connectivity index (χ0v) is 15.1. The molecule has 0 bridgehead atoms. The van der Waals surface area contributed by atoms with Crippen LogP contribution in [0.1, 0.15) is 23.9 Å². The van der Waals surface area contributed by atoms with E-state index < -0.39 is 0 Å². The standard InChI is InChI=1S/C21H20N4O/c1-4-16-8-7-9-17(12-16)24-14(2)18-13-23-25(19-10-5-6-11-22-19)21(26)20(18)15(24)3/h5-13H,4H2,1-3H3. The van der Waals surface area contributed by atoms with Crippen LogP contribution in [0, 0.1) is 13.8 Å². The number of pyridine rings is 1. The lowest BCUT2D eigenvalue weighted by atomic mass is 10.1. The smallest absolute Gasteiger partial charge is 0.282 e. The molecule has 26 heavy (non-hydrogen) atoms. The maximum atomic E-state index is 13.1. The summed E-state index contributed by atoms with van der Waals surface area (Å²) in [7, 11) is 0. The summed E-state index contributed by atoms with van der Waals surface area (Å²) in [6.45, 7) is 6.15. The van der Waals surface area contributed by atoms with Crippen molar-refractivity contribution in [2.75, 3.05) is 0 Å². The molecule has 0 aliphatic rings. The van der Waals surface area contributed by atoms with Gasteiger partial charge in [0.2, 0.25) is 0 Å². The molecule has 0 fully saturated rings. The second-order valence-corrected chi connectivity index (χ2v) is 6.37. The lowest BCUT2D eigenvalue weighted by Gasteiger charge is -2.10. The fourth-order valence-corrected chi connectivity index (χ4v) is 3.51. The Labute approximate surface area is 151 Å². The predicted octanol–water partition coefficient (Wildman–Crippen LogP) is 3.75. The molecule has 0 N–H and O–H groups in total. The van der Waals surface area contributed by atoms with Crippen LogP contribution in [0.4, 0.5) is 0 Å². The van der Waals surface area contributed by atoms with Gasteiger partial charge in [-0.05, 0) is 50.1 Å². The van der Waals surface area contributed by atoms with Crippen molar-refractivity contribution in [3.63, 3.8) is 0 Å². The number of hydrogen-bond donors (Lipinski definition) is 0. The number of hydrogen-bond acceptors (Lipinski definition) is 3. The molecule has 4 rings (SSSR count). The normalized spacial score (nSPS) is 11.2. The lowest BCUT2D eigenvalue weighted by Crippen LogP contribution is -2.21. The highest BCUT2D eigenvalue weighted by Gasteiger charge is 2.18. The number of fused-ring (bicyclic) bond motifs is 1. The van der Waals surface area contributed by atoms with Gasteiger partial charge in [0.1, 0.15) is 0 Å². The van der Waals surface area contributed by atoms with Gasteiger partial charge in [-0.25, -0.2) is 4.98 Å². The molecule has 130 valence electrons. The molecule has 1 aromatic carbocycles. The van der Waals surface area contributed by atoms with E-state index in [0.717, 1.165) is 28.9 Å². The molecule has 5 heteroatoms. The zero-order chi connectivity index (χ0) is 18.3. The molecular formula is C21H20N4O. The van der Waals surface area contributed by atoms with Crippen molar-refractivity contribution >= 4 is 10.8 Å². The van der Waals surface area contributed by atoms with Gasteiger partial charge in [0.25, 0.3) is 5.56 Å². The van der Waals surface area contributed by atoms with Gasteiger partial charge in [-0.15, -0.1) is 0 Å². The summed E-state index contributed by atoms with van der Waals surface area (Å²) in [6, 6.07) is 13.9. The molecule has 0 unspecified atom stereocenters. The zero-order valence-electron chi connectivity index (χ0n) is 15.1. The van der Waals surface area contributed by atoms with Crippen molar-refractivity contribution in [1.29, 1.82) is 0 Å². The minimum atomic E-state index is -0.146. The summed E-state index contributed by atoms with van der Waals surface area (Å²) in [4.78, 5) is 17.4. The molecule has 5 nitrogen and oxygen atoms in total. The minimum Gasteiger partial charge on any atom is -0.317 e. The van der Waals surface area contributed by atoms with Gasteiger partial charge in [-0.3, -0.25) is 4.79 Å². The van der Waals surface area contributed by atoms with Crippen molar-refractivity contribution in [2.24, 2.45) is 0 Å². The third kappa shape index (κ3) is 2.44. The SMILES string of the molecule is CCc1cccc(-n2c(C)c3cnn(-c4ccccn4)c(=O)c3c2C)c1. The molecule has 0 spiro atoms. The Morgan fingerprint density at radius 3 is 2.62 bits per heavy atom. The molecular weight excluding hydrogens is 324 g/mol. The molecule has 0 amide bonds. The molecule has 0 aliphatic heterocycles. The number of nitrogens with zero attached hydrogens (tertiary/aromatic N) is 4. The topological polar surface area (TPSA) is 52.7 Å². The van der Waals surface area contributed by atoms with Crippen molar-refractivity contribution < 1.29 is 0 Å². The fourth-order valence-electron chi connectivity index (χ4n) is 3.51. The second-order valence-electron chi connectivity index (χ2n) is 6.37. The van der Waals surface area contributed by atoms with Crippen molar-refractivity contribution in [1.82, 2.24) is 19.3 Å². The molecule has 0 radical (unpaired) electrons. The Balaban J connectivity index is 2.00. The van der Waals surface area contributed by atoms with Gasteiger partial charge < -0.3 is 4.57 Å². The van der Waals surface area contributed by atoms with Gasteiger partial charge in [-0.2, -0.15) is 9.78 Å². The van der Waals surface area contributed by atoms with E-state index in [1.165, 1.54) is 10.2 Å². The highest BCUT2D eigenvalue weighted by molar-refractivity contribution is 5.88. The average Bonchev–Trinajstić information content (AvgIpc) is 2.94. The molecule has 4 aromatic rings. The summed E-state index contributed by atoms with van der Waals surface area (Å²) in [6.07, 6.45) is 4.39. The minimum absolute atomic E-state index is 0.146. The highest BCUT2D eigenvalue weighted by atomic mass is 16.1. The summed E-state index contributed by atoms with van der Waals surface area (Å²) >= 11 is 0. The van der Waals surface area contributed by atoms with E-state index >= 15 is 0 Å². The van der Waals surface area contributed by atoms with Crippen LogP contribution < -0.4 is 5.56 Å². The molecule has 0 atom stereocenters. The van der Waals surface area contributed by atoms with Gasteiger partial charge in [0.15, 0.2) is 5.82 Å². The van der Waals surface area contributed by atoms with Crippen LogP contribution in [-0.4, -0.2) is 19.3 Å². The third-order valence-electron chi connectivity index (χ3n) is 4.84. The van der Waals surface area contributed by atoms with Gasteiger partial charge in [0, 0.05) is 28.7 Å². The van der Waals surface area contributed by atoms with E-state index in [1.807, 2.05) is 26.0 Å². The second kappa shape index (κ2) is 6.26. The van der Waals surface area contributed by atoms with E-state index in [9.17, 15) is 4.79 Å². The van der Waals surface area contributed by atoms with Crippen LogP contribution in [0.2, 0.25) is 0 Å². The average molecular weight is 344 g/mol. The van der Waals surface area contributed by atoms with Crippen LogP contribution in [0.3, 0.4) is 0 Å². The lowest BCUT2D eigenvalue weighted by molar-refractivity contribution is 0.794. The molecule has 3 heterocycles. The quantitative estimate of drug-likeness (QED) is 0.569. The van der Waals surface area contributed by atoms with Crippen LogP contribution in [0.5, 0.6) is 0 Å². The van der Waals surface area contributed by atoms with E-state index in [4.69, 9.17) is 0 Å². The maximum absolute atomic E-state index is 13.1. The number of aromatic nitrogens is 4. The Bertz CT molecular complexity index is 1160. The molecule has 0 aliphatic carbocycles. The molecule has 0 saturated carbocycles. The Morgan fingerprint density at radius 2 is 1.88 bits per heavy atom. The van der Waals surface area contributed by atoms with Crippen LogP contribution in [-0.2, 0) is 6.42 Å². The Kier molecular flexibility index (Phi) is 3.92. The van der Waals surface area contributed by atoms with Crippen molar-refractivity contribution in [2.45, 2.75) is 27.2 Å². The first kappa shape index (κ1) is 16.3. The monoisotopic (exact) mass is 344 g/mol. The van der Waals surface area contributed by atoms with E-state index in [2.05, 4.69) is 45.8 Å².